The molecular weight excluding hydrogens is 304 g/mol. The lowest BCUT2D eigenvalue weighted by Gasteiger charge is -2.33. The van der Waals surface area contributed by atoms with Gasteiger partial charge in [0.05, 0.1) is 19.3 Å². The molecule has 2 heterocycles. The van der Waals surface area contributed by atoms with Gasteiger partial charge >= 0.3 is 0 Å². The minimum atomic E-state index is -3.16. The lowest BCUT2D eigenvalue weighted by molar-refractivity contribution is -0.131. The fraction of sp³-hybridized carbons (Fsp3) is 0.533. The fourth-order valence-corrected chi connectivity index (χ4v) is 3.73. The van der Waals surface area contributed by atoms with Crippen molar-refractivity contribution in [2.45, 2.75) is 12.8 Å². The van der Waals surface area contributed by atoms with Gasteiger partial charge in [-0.15, -0.1) is 0 Å². The topological polar surface area (TPSA) is 66.9 Å². The highest BCUT2D eigenvalue weighted by molar-refractivity contribution is 7.88. The molecule has 6 nitrogen and oxygen atoms in total. The van der Waals surface area contributed by atoms with Crippen molar-refractivity contribution < 1.29 is 17.9 Å². The summed E-state index contributed by atoms with van der Waals surface area (Å²) in [4.78, 5) is 14.1. The third kappa shape index (κ3) is 3.25. The molecule has 0 aromatic heterocycles. The van der Waals surface area contributed by atoms with Gasteiger partial charge in [-0.1, -0.05) is 12.1 Å². The molecule has 0 spiro atoms. The molecule has 0 atom stereocenters. The average molecular weight is 324 g/mol. The summed E-state index contributed by atoms with van der Waals surface area (Å²) in [5, 5.41) is 0. The van der Waals surface area contributed by atoms with Crippen LogP contribution in [0.3, 0.4) is 0 Å². The number of amides is 1. The molecule has 1 aromatic rings. The molecule has 0 N–H and O–H groups in total. The van der Waals surface area contributed by atoms with Crippen molar-refractivity contribution in [2.24, 2.45) is 0 Å². The molecule has 2 aliphatic heterocycles. The van der Waals surface area contributed by atoms with Crippen LogP contribution in [0.15, 0.2) is 18.2 Å². The molecule has 1 saturated heterocycles. The minimum Gasteiger partial charge on any atom is -0.493 e. The van der Waals surface area contributed by atoms with Crippen molar-refractivity contribution in [1.82, 2.24) is 9.21 Å². The molecule has 0 saturated carbocycles. The summed E-state index contributed by atoms with van der Waals surface area (Å²) in [5.74, 6) is 0.963. The van der Waals surface area contributed by atoms with Gasteiger partial charge in [-0.05, 0) is 17.2 Å². The zero-order valence-electron chi connectivity index (χ0n) is 12.6. The van der Waals surface area contributed by atoms with Crippen LogP contribution in [0.2, 0.25) is 0 Å². The molecule has 1 fully saturated rings. The van der Waals surface area contributed by atoms with E-state index in [-0.39, 0.29) is 5.91 Å². The zero-order chi connectivity index (χ0) is 15.7. The van der Waals surface area contributed by atoms with Crippen molar-refractivity contribution in [3.63, 3.8) is 0 Å². The Morgan fingerprint density at radius 1 is 1.23 bits per heavy atom. The highest BCUT2D eigenvalue weighted by Gasteiger charge is 2.26. The predicted octanol–water partition coefficient (Wildman–Crippen LogP) is 0.268. The molecular formula is C15H20N2O4S. The van der Waals surface area contributed by atoms with Crippen LogP contribution in [0.25, 0.3) is 0 Å². The van der Waals surface area contributed by atoms with Gasteiger partial charge in [0.15, 0.2) is 0 Å². The first-order chi connectivity index (χ1) is 10.4. The minimum absolute atomic E-state index is 0.0482. The third-order valence-corrected chi connectivity index (χ3v) is 5.47. The Morgan fingerprint density at radius 3 is 2.64 bits per heavy atom. The van der Waals surface area contributed by atoms with Gasteiger partial charge in [0.25, 0.3) is 0 Å². The fourth-order valence-electron chi connectivity index (χ4n) is 2.91. The Morgan fingerprint density at radius 2 is 1.95 bits per heavy atom. The molecule has 22 heavy (non-hydrogen) atoms. The number of benzene rings is 1. The molecule has 7 heteroatoms. The summed E-state index contributed by atoms with van der Waals surface area (Å²) >= 11 is 0. The number of carbonyl (C=O) groups excluding carboxylic acids is 1. The molecule has 3 rings (SSSR count). The summed E-state index contributed by atoms with van der Waals surface area (Å²) in [6.07, 6.45) is 2.45. The molecule has 120 valence electrons. The van der Waals surface area contributed by atoms with E-state index in [4.69, 9.17) is 4.74 Å². The van der Waals surface area contributed by atoms with Gasteiger partial charge < -0.3 is 9.64 Å². The molecule has 1 amide bonds. The van der Waals surface area contributed by atoms with E-state index in [0.717, 1.165) is 23.3 Å². The highest BCUT2D eigenvalue weighted by atomic mass is 32.2. The second kappa shape index (κ2) is 5.89. The first-order valence-corrected chi connectivity index (χ1v) is 9.26. The largest absolute Gasteiger partial charge is 0.493 e. The van der Waals surface area contributed by atoms with Gasteiger partial charge in [0.2, 0.25) is 15.9 Å². The summed E-state index contributed by atoms with van der Waals surface area (Å²) in [7, 11) is -3.16. The first kappa shape index (κ1) is 15.3. The van der Waals surface area contributed by atoms with E-state index < -0.39 is 10.0 Å². The number of ether oxygens (including phenoxy) is 1. The molecule has 0 bridgehead atoms. The first-order valence-electron chi connectivity index (χ1n) is 7.41. The second-order valence-corrected chi connectivity index (χ2v) is 7.74. The van der Waals surface area contributed by atoms with E-state index in [0.29, 0.717) is 39.2 Å². The quantitative estimate of drug-likeness (QED) is 0.800. The third-order valence-electron chi connectivity index (χ3n) is 4.17. The summed E-state index contributed by atoms with van der Waals surface area (Å²) in [6.45, 7) is 2.38. The molecule has 2 aliphatic rings. The molecule has 0 aliphatic carbocycles. The van der Waals surface area contributed by atoms with Gasteiger partial charge in [-0.2, -0.15) is 4.31 Å². The maximum atomic E-state index is 12.4. The highest BCUT2D eigenvalue weighted by Crippen LogP contribution is 2.26. The van der Waals surface area contributed by atoms with Gasteiger partial charge in [0.1, 0.15) is 5.75 Å². The summed E-state index contributed by atoms with van der Waals surface area (Å²) < 4.78 is 29.8. The van der Waals surface area contributed by atoms with E-state index in [1.807, 2.05) is 18.2 Å². The lowest BCUT2D eigenvalue weighted by Crippen LogP contribution is -2.50. The Bertz CT molecular complexity index is 679. The standard InChI is InChI=1S/C15H20N2O4S/c1-22(19,20)17-7-5-16(6-8-17)15(18)11-12-2-3-14-13(10-12)4-9-21-14/h2-3,10H,4-9,11H2,1H3. The number of sulfonamides is 1. The maximum absolute atomic E-state index is 12.4. The van der Waals surface area contributed by atoms with Crippen LogP contribution < -0.4 is 4.74 Å². The number of hydrogen-bond donors (Lipinski definition) is 0. The Labute approximate surface area is 130 Å². The summed E-state index contributed by atoms with van der Waals surface area (Å²) in [6, 6.07) is 5.88. The Kier molecular flexibility index (Phi) is 4.10. The number of rotatable bonds is 3. The van der Waals surface area contributed by atoms with Crippen molar-refractivity contribution in [2.75, 3.05) is 39.0 Å². The normalized spacial score (nSPS) is 18.9. The van der Waals surface area contributed by atoms with Crippen LogP contribution in [0, 0.1) is 0 Å². The van der Waals surface area contributed by atoms with E-state index in [2.05, 4.69) is 0 Å². The Hall–Kier alpha value is -1.60. The van der Waals surface area contributed by atoms with E-state index in [1.54, 1.807) is 4.90 Å². The monoisotopic (exact) mass is 324 g/mol. The van der Waals surface area contributed by atoms with Crippen LogP contribution in [-0.2, 0) is 27.7 Å². The van der Waals surface area contributed by atoms with Gasteiger partial charge in [0, 0.05) is 32.6 Å². The van der Waals surface area contributed by atoms with Crippen LogP contribution in [0.1, 0.15) is 11.1 Å². The van der Waals surface area contributed by atoms with Crippen LogP contribution in [0.5, 0.6) is 5.75 Å². The number of nitrogens with zero attached hydrogens (tertiary/aromatic N) is 2. The SMILES string of the molecule is CS(=O)(=O)N1CCN(C(=O)Cc2ccc3c(c2)CCO3)CC1. The van der Waals surface area contributed by atoms with Crippen molar-refractivity contribution in [3.05, 3.63) is 29.3 Å². The number of carbonyl (C=O) groups is 1. The van der Waals surface area contributed by atoms with Crippen molar-refractivity contribution >= 4 is 15.9 Å². The van der Waals surface area contributed by atoms with Crippen LogP contribution in [0.4, 0.5) is 0 Å². The van der Waals surface area contributed by atoms with Crippen molar-refractivity contribution in [3.8, 4) is 5.75 Å². The number of fused-ring (bicyclic) bond motifs is 1. The van der Waals surface area contributed by atoms with E-state index in [1.165, 1.54) is 10.6 Å². The van der Waals surface area contributed by atoms with Gasteiger partial charge in [-0.3, -0.25) is 4.79 Å². The lowest BCUT2D eigenvalue weighted by atomic mass is 10.1. The maximum Gasteiger partial charge on any atom is 0.227 e. The van der Waals surface area contributed by atoms with Crippen LogP contribution in [-0.4, -0.2) is 62.6 Å². The average Bonchev–Trinajstić information content (AvgIpc) is 2.94. The number of hydrogen-bond acceptors (Lipinski definition) is 4. The van der Waals surface area contributed by atoms with E-state index >= 15 is 0 Å². The van der Waals surface area contributed by atoms with Crippen LogP contribution >= 0.6 is 0 Å². The summed E-state index contributed by atoms with van der Waals surface area (Å²) in [5.41, 5.74) is 2.15. The zero-order valence-corrected chi connectivity index (χ0v) is 13.4. The molecule has 0 radical (unpaired) electrons. The second-order valence-electron chi connectivity index (χ2n) is 5.76. The predicted molar refractivity (Wildman–Crippen MR) is 82.3 cm³/mol. The molecule has 1 aromatic carbocycles. The smallest absolute Gasteiger partial charge is 0.227 e. The number of piperazine rings is 1. The van der Waals surface area contributed by atoms with E-state index in [9.17, 15) is 13.2 Å². The molecule has 0 unspecified atom stereocenters. The van der Waals surface area contributed by atoms with Crippen molar-refractivity contribution in [1.29, 1.82) is 0 Å². The van der Waals surface area contributed by atoms with Gasteiger partial charge in [-0.25, -0.2) is 8.42 Å². The Balaban J connectivity index is 1.59.